The molecule has 2 aromatic heterocycles. The van der Waals surface area contributed by atoms with Gasteiger partial charge >= 0.3 is 0 Å². The van der Waals surface area contributed by atoms with Gasteiger partial charge in [0.25, 0.3) is 0 Å². The number of aromatic nitrogens is 3. The summed E-state index contributed by atoms with van der Waals surface area (Å²) in [6, 6.07) is 12.0. The van der Waals surface area contributed by atoms with Crippen molar-refractivity contribution in [3.8, 4) is 11.3 Å². The number of rotatable bonds is 6. The quantitative estimate of drug-likeness (QED) is 0.676. The minimum atomic E-state index is 0.453. The highest BCUT2D eigenvalue weighted by atomic mass is 16.5. The molecule has 1 aromatic carbocycles. The van der Waals surface area contributed by atoms with Crippen molar-refractivity contribution in [2.24, 2.45) is 0 Å². The van der Waals surface area contributed by atoms with Gasteiger partial charge in [0.05, 0.1) is 13.1 Å². The van der Waals surface area contributed by atoms with Gasteiger partial charge in [0, 0.05) is 17.5 Å². The van der Waals surface area contributed by atoms with Crippen molar-refractivity contribution >= 4 is 0 Å². The first-order valence-corrected chi connectivity index (χ1v) is 8.80. The Balaban J connectivity index is 1.36. The molecule has 1 aliphatic carbocycles. The molecule has 0 bridgehead atoms. The first-order chi connectivity index (χ1) is 12.3. The molecule has 0 N–H and O–H groups in total. The Morgan fingerprint density at radius 2 is 1.84 bits per heavy atom. The average Bonchev–Trinajstić information content (AvgIpc) is 3.37. The minimum Gasteiger partial charge on any atom is -0.359 e. The predicted molar refractivity (Wildman–Crippen MR) is 92.6 cm³/mol. The highest BCUT2D eigenvalue weighted by molar-refractivity contribution is 5.58. The van der Waals surface area contributed by atoms with Crippen molar-refractivity contribution in [1.29, 1.82) is 0 Å². The number of hydrogen-bond donors (Lipinski definition) is 0. The molecule has 0 amide bonds. The van der Waals surface area contributed by atoms with E-state index in [1.165, 1.54) is 12.8 Å². The molecule has 0 aliphatic heterocycles. The zero-order chi connectivity index (χ0) is 17.1. The number of nitrogens with zero attached hydrogens (tertiary/aromatic N) is 4. The Morgan fingerprint density at radius 1 is 1.04 bits per heavy atom. The molecule has 25 heavy (non-hydrogen) atoms. The maximum atomic E-state index is 5.46. The molecule has 2 heterocycles. The van der Waals surface area contributed by atoms with Crippen LogP contribution in [0.4, 0.5) is 0 Å². The summed E-state index contributed by atoms with van der Waals surface area (Å²) in [5.41, 5.74) is 1.91. The molecular formula is C19H22N4O2. The summed E-state index contributed by atoms with van der Waals surface area (Å²) >= 11 is 0. The molecular weight excluding hydrogens is 316 g/mol. The van der Waals surface area contributed by atoms with Gasteiger partial charge in [-0.1, -0.05) is 53.5 Å². The standard InChI is InChI=1S/C19H22N4O2/c1-23(13-18-20-19(25-22-18)15-9-5-6-10-15)12-16-11-17(21-24-16)14-7-3-2-4-8-14/h2-4,7-8,11,15H,5-6,9-10,12-13H2,1H3. The van der Waals surface area contributed by atoms with Gasteiger partial charge in [-0.25, -0.2) is 0 Å². The van der Waals surface area contributed by atoms with E-state index < -0.39 is 0 Å². The lowest BCUT2D eigenvalue weighted by Gasteiger charge is -2.11. The smallest absolute Gasteiger partial charge is 0.229 e. The molecule has 130 valence electrons. The molecule has 1 saturated carbocycles. The van der Waals surface area contributed by atoms with Crippen LogP contribution < -0.4 is 0 Å². The van der Waals surface area contributed by atoms with Crippen molar-refractivity contribution < 1.29 is 9.05 Å². The van der Waals surface area contributed by atoms with Crippen LogP contribution in [0.25, 0.3) is 11.3 Å². The maximum Gasteiger partial charge on any atom is 0.229 e. The van der Waals surface area contributed by atoms with E-state index in [1.54, 1.807) is 0 Å². The lowest BCUT2D eigenvalue weighted by molar-refractivity contribution is 0.257. The zero-order valence-electron chi connectivity index (χ0n) is 14.4. The molecule has 0 unspecified atom stereocenters. The van der Waals surface area contributed by atoms with E-state index in [0.29, 0.717) is 19.0 Å². The molecule has 6 heteroatoms. The van der Waals surface area contributed by atoms with Crippen molar-refractivity contribution in [3.05, 3.63) is 53.9 Å². The maximum absolute atomic E-state index is 5.46. The van der Waals surface area contributed by atoms with Gasteiger partial charge in [0.1, 0.15) is 5.69 Å². The molecule has 1 fully saturated rings. The molecule has 0 radical (unpaired) electrons. The van der Waals surface area contributed by atoms with Crippen molar-refractivity contribution in [2.45, 2.75) is 44.7 Å². The van der Waals surface area contributed by atoms with Gasteiger partial charge < -0.3 is 9.05 Å². The van der Waals surface area contributed by atoms with Gasteiger partial charge in [-0.05, 0) is 19.9 Å². The Kier molecular flexibility index (Phi) is 4.61. The van der Waals surface area contributed by atoms with E-state index in [9.17, 15) is 0 Å². The third-order valence-electron chi connectivity index (χ3n) is 4.65. The zero-order valence-corrected chi connectivity index (χ0v) is 14.4. The molecule has 1 aliphatic rings. The van der Waals surface area contributed by atoms with Gasteiger partial charge in [-0.2, -0.15) is 4.98 Å². The van der Waals surface area contributed by atoms with Gasteiger partial charge in [-0.3, -0.25) is 4.90 Å². The van der Waals surface area contributed by atoms with E-state index in [2.05, 4.69) is 20.2 Å². The summed E-state index contributed by atoms with van der Waals surface area (Å²) in [5, 5.41) is 8.27. The van der Waals surface area contributed by atoms with E-state index >= 15 is 0 Å². The Morgan fingerprint density at radius 3 is 2.64 bits per heavy atom. The van der Waals surface area contributed by atoms with Crippen LogP contribution >= 0.6 is 0 Å². The largest absolute Gasteiger partial charge is 0.359 e. The molecule has 3 aromatic rings. The summed E-state index contributed by atoms with van der Waals surface area (Å²) in [5.74, 6) is 2.80. The fourth-order valence-corrected chi connectivity index (χ4v) is 3.37. The van der Waals surface area contributed by atoms with Crippen LogP contribution in [0.15, 0.2) is 45.4 Å². The van der Waals surface area contributed by atoms with Crippen LogP contribution in [0.1, 0.15) is 49.1 Å². The SMILES string of the molecule is CN(Cc1noc(C2CCCC2)n1)Cc1cc(-c2ccccc2)no1. The second-order valence-electron chi connectivity index (χ2n) is 6.75. The molecule has 0 atom stereocenters. The first kappa shape index (κ1) is 16.0. The van der Waals surface area contributed by atoms with E-state index in [4.69, 9.17) is 9.05 Å². The third-order valence-corrected chi connectivity index (χ3v) is 4.65. The van der Waals surface area contributed by atoms with Crippen LogP contribution in [0.2, 0.25) is 0 Å². The van der Waals surface area contributed by atoms with Crippen molar-refractivity contribution in [3.63, 3.8) is 0 Å². The molecule has 6 nitrogen and oxygen atoms in total. The van der Waals surface area contributed by atoms with E-state index in [-0.39, 0.29) is 0 Å². The van der Waals surface area contributed by atoms with E-state index in [1.807, 2.05) is 43.4 Å². The fraction of sp³-hybridized carbons (Fsp3) is 0.421. The Labute approximate surface area is 146 Å². The monoisotopic (exact) mass is 338 g/mol. The number of hydrogen-bond acceptors (Lipinski definition) is 6. The van der Waals surface area contributed by atoms with Crippen LogP contribution in [0.3, 0.4) is 0 Å². The number of benzene rings is 1. The van der Waals surface area contributed by atoms with Crippen LogP contribution in [-0.4, -0.2) is 27.2 Å². The third kappa shape index (κ3) is 3.79. The summed E-state index contributed by atoms with van der Waals surface area (Å²) in [6.45, 7) is 1.27. The topological polar surface area (TPSA) is 68.2 Å². The van der Waals surface area contributed by atoms with Gasteiger partial charge in [-0.15, -0.1) is 0 Å². The fourth-order valence-electron chi connectivity index (χ4n) is 3.37. The summed E-state index contributed by atoms with van der Waals surface area (Å²) in [6.07, 6.45) is 4.85. The average molecular weight is 338 g/mol. The lowest BCUT2D eigenvalue weighted by Crippen LogP contribution is -2.17. The van der Waals surface area contributed by atoms with Gasteiger partial charge in [0.2, 0.25) is 5.89 Å². The lowest BCUT2D eigenvalue weighted by atomic mass is 10.1. The first-order valence-electron chi connectivity index (χ1n) is 8.80. The minimum absolute atomic E-state index is 0.453. The van der Waals surface area contributed by atoms with Crippen LogP contribution in [0, 0.1) is 0 Å². The molecule has 0 saturated heterocycles. The highest BCUT2D eigenvalue weighted by Crippen LogP contribution is 2.32. The Hall–Kier alpha value is -2.47. The molecule has 4 rings (SSSR count). The summed E-state index contributed by atoms with van der Waals surface area (Å²) < 4.78 is 10.9. The van der Waals surface area contributed by atoms with Gasteiger partial charge in [0.15, 0.2) is 11.6 Å². The summed E-state index contributed by atoms with van der Waals surface area (Å²) in [7, 11) is 2.01. The molecule has 0 spiro atoms. The normalized spacial score (nSPS) is 15.3. The van der Waals surface area contributed by atoms with Crippen LogP contribution in [-0.2, 0) is 13.1 Å². The Bertz CT molecular complexity index is 806. The van der Waals surface area contributed by atoms with E-state index in [0.717, 1.165) is 41.6 Å². The van der Waals surface area contributed by atoms with Crippen molar-refractivity contribution in [1.82, 2.24) is 20.2 Å². The predicted octanol–water partition coefficient (Wildman–Crippen LogP) is 4.01. The second-order valence-corrected chi connectivity index (χ2v) is 6.75. The van der Waals surface area contributed by atoms with Crippen molar-refractivity contribution in [2.75, 3.05) is 7.05 Å². The summed E-state index contributed by atoms with van der Waals surface area (Å²) in [4.78, 5) is 6.66. The second kappa shape index (κ2) is 7.19. The highest BCUT2D eigenvalue weighted by Gasteiger charge is 2.23. The van der Waals surface area contributed by atoms with Crippen LogP contribution in [0.5, 0.6) is 0 Å².